The van der Waals surface area contributed by atoms with Crippen LogP contribution >= 0.6 is 24.0 Å². The van der Waals surface area contributed by atoms with Crippen molar-refractivity contribution in [3.8, 4) is 11.5 Å². The summed E-state index contributed by atoms with van der Waals surface area (Å²) in [6.45, 7) is 5.96. The number of nitrogens with one attached hydrogen (secondary N) is 2. The summed E-state index contributed by atoms with van der Waals surface area (Å²) in [4.78, 5) is 4.56. The SMILES string of the molecule is CCNC(=NCc1ccc(OC)c(OC)c1)NCCCN(C)S(=O)(=O)CC.I. The van der Waals surface area contributed by atoms with Crippen molar-refractivity contribution in [1.29, 1.82) is 0 Å². The van der Waals surface area contributed by atoms with E-state index < -0.39 is 10.0 Å². The molecular formula is C18H33IN4O4S. The second-order valence-corrected chi connectivity index (χ2v) is 8.25. The van der Waals surface area contributed by atoms with Crippen molar-refractivity contribution >= 4 is 40.0 Å². The quantitative estimate of drug-likeness (QED) is 0.198. The molecule has 0 heterocycles. The van der Waals surface area contributed by atoms with Crippen molar-refractivity contribution in [3.63, 3.8) is 0 Å². The van der Waals surface area contributed by atoms with Gasteiger partial charge < -0.3 is 20.1 Å². The molecule has 0 fully saturated rings. The molecular weight excluding hydrogens is 495 g/mol. The fourth-order valence-corrected chi connectivity index (χ4v) is 3.21. The number of hydrogen-bond donors (Lipinski definition) is 2. The van der Waals surface area contributed by atoms with Gasteiger partial charge in [0.1, 0.15) is 0 Å². The highest BCUT2D eigenvalue weighted by Gasteiger charge is 2.14. The number of rotatable bonds is 11. The average molecular weight is 528 g/mol. The molecule has 0 aliphatic rings. The Kier molecular flexibility index (Phi) is 13.2. The van der Waals surface area contributed by atoms with Gasteiger partial charge in [0.2, 0.25) is 10.0 Å². The first-order valence-electron chi connectivity index (χ1n) is 9.05. The number of halogens is 1. The number of hydrogen-bond acceptors (Lipinski definition) is 5. The lowest BCUT2D eigenvalue weighted by Gasteiger charge is -2.17. The Morgan fingerprint density at radius 1 is 1.14 bits per heavy atom. The minimum atomic E-state index is -3.13. The molecule has 0 unspecified atom stereocenters. The lowest BCUT2D eigenvalue weighted by Crippen LogP contribution is -2.39. The summed E-state index contributed by atoms with van der Waals surface area (Å²) in [5, 5.41) is 6.41. The highest BCUT2D eigenvalue weighted by Crippen LogP contribution is 2.27. The van der Waals surface area contributed by atoms with Gasteiger partial charge in [0, 0.05) is 26.7 Å². The maximum absolute atomic E-state index is 11.7. The third kappa shape index (κ3) is 8.82. The van der Waals surface area contributed by atoms with E-state index in [0.29, 0.717) is 43.5 Å². The van der Waals surface area contributed by atoms with Crippen LogP contribution < -0.4 is 20.1 Å². The predicted molar refractivity (Wildman–Crippen MR) is 124 cm³/mol. The molecule has 1 aromatic carbocycles. The summed E-state index contributed by atoms with van der Waals surface area (Å²) < 4.78 is 35.4. The van der Waals surface area contributed by atoms with Crippen LogP contribution in [0.25, 0.3) is 0 Å². The molecule has 28 heavy (non-hydrogen) atoms. The maximum Gasteiger partial charge on any atom is 0.213 e. The van der Waals surface area contributed by atoms with E-state index in [9.17, 15) is 8.42 Å². The molecule has 0 spiro atoms. The average Bonchev–Trinajstić information content (AvgIpc) is 2.68. The maximum atomic E-state index is 11.7. The van der Waals surface area contributed by atoms with Crippen molar-refractivity contribution in [2.75, 3.05) is 46.7 Å². The van der Waals surface area contributed by atoms with Gasteiger partial charge in [0.25, 0.3) is 0 Å². The second kappa shape index (κ2) is 13.8. The number of methoxy groups -OCH3 is 2. The van der Waals surface area contributed by atoms with Crippen molar-refractivity contribution in [2.45, 2.75) is 26.8 Å². The molecule has 0 atom stereocenters. The largest absolute Gasteiger partial charge is 0.493 e. The second-order valence-electron chi connectivity index (χ2n) is 5.89. The first-order valence-corrected chi connectivity index (χ1v) is 10.7. The Bertz CT molecular complexity index is 714. The summed E-state index contributed by atoms with van der Waals surface area (Å²) >= 11 is 0. The monoisotopic (exact) mass is 528 g/mol. The van der Waals surface area contributed by atoms with Crippen LogP contribution in [-0.4, -0.2) is 65.3 Å². The van der Waals surface area contributed by atoms with E-state index in [1.165, 1.54) is 4.31 Å². The Labute approximate surface area is 186 Å². The van der Waals surface area contributed by atoms with Crippen molar-refractivity contribution in [1.82, 2.24) is 14.9 Å². The van der Waals surface area contributed by atoms with Gasteiger partial charge in [-0.15, -0.1) is 24.0 Å². The van der Waals surface area contributed by atoms with Crippen LogP contribution in [-0.2, 0) is 16.6 Å². The van der Waals surface area contributed by atoms with Crippen molar-refractivity contribution in [3.05, 3.63) is 23.8 Å². The van der Waals surface area contributed by atoms with Gasteiger partial charge in [-0.1, -0.05) is 6.07 Å². The number of benzene rings is 1. The van der Waals surface area contributed by atoms with Crippen LogP contribution in [0.15, 0.2) is 23.2 Å². The minimum absolute atomic E-state index is 0. The van der Waals surface area contributed by atoms with E-state index >= 15 is 0 Å². The third-order valence-electron chi connectivity index (χ3n) is 3.99. The highest BCUT2D eigenvalue weighted by atomic mass is 127. The first kappa shape index (κ1) is 26.7. The van der Waals surface area contributed by atoms with Gasteiger partial charge in [0.05, 0.1) is 26.5 Å². The number of ether oxygens (including phenoxy) is 2. The van der Waals surface area contributed by atoms with Gasteiger partial charge >= 0.3 is 0 Å². The van der Waals surface area contributed by atoms with E-state index in [2.05, 4.69) is 15.6 Å². The summed E-state index contributed by atoms with van der Waals surface area (Å²) in [5.74, 6) is 2.16. The molecule has 10 heteroatoms. The molecule has 0 bridgehead atoms. The molecule has 162 valence electrons. The van der Waals surface area contributed by atoms with Crippen molar-refractivity contribution in [2.24, 2.45) is 4.99 Å². The van der Waals surface area contributed by atoms with Gasteiger partial charge in [0.15, 0.2) is 17.5 Å². The van der Waals surface area contributed by atoms with E-state index in [-0.39, 0.29) is 29.7 Å². The first-order chi connectivity index (χ1) is 12.9. The molecule has 8 nitrogen and oxygen atoms in total. The minimum Gasteiger partial charge on any atom is -0.493 e. The normalized spacial score (nSPS) is 11.7. The highest BCUT2D eigenvalue weighted by molar-refractivity contribution is 14.0. The molecule has 1 rings (SSSR count). The molecule has 0 amide bonds. The van der Waals surface area contributed by atoms with E-state index in [1.807, 2.05) is 25.1 Å². The molecule has 0 radical (unpaired) electrons. The Hall–Kier alpha value is -1.27. The number of aliphatic imine (C=N–C) groups is 1. The van der Waals surface area contributed by atoms with Gasteiger partial charge in [-0.05, 0) is 38.0 Å². The van der Waals surface area contributed by atoms with Crippen LogP contribution in [0.4, 0.5) is 0 Å². The zero-order valence-corrected chi connectivity index (χ0v) is 20.5. The summed E-state index contributed by atoms with van der Waals surface area (Å²) in [6.07, 6.45) is 0.691. The Balaban J connectivity index is 0.00000729. The van der Waals surface area contributed by atoms with Crippen LogP contribution in [0, 0.1) is 0 Å². The van der Waals surface area contributed by atoms with E-state index in [0.717, 1.165) is 12.1 Å². The number of sulfonamides is 1. The van der Waals surface area contributed by atoms with E-state index in [4.69, 9.17) is 9.47 Å². The molecule has 0 saturated carbocycles. The Morgan fingerprint density at radius 3 is 2.39 bits per heavy atom. The summed E-state index contributed by atoms with van der Waals surface area (Å²) in [6, 6.07) is 5.70. The predicted octanol–water partition coefficient (Wildman–Crippen LogP) is 2.05. The molecule has 0 saturated heterocycles. The van der Waals surface area contributed by atoms with Gasteiger partial charge in [-0.3, -0.25) is 0 Å². The van der Waals surface area contributed by atoms with E-state index in [1.54, 1.807) is 28.2 Å². The lowest BCUT2D eigenvalue weighted by atomic mass is 10.2. The lowest BCUT2D eigenvalue weighted by molar-refractivity contribution is 0.354. The fourth-order valence-electron chi connectivity index (χ4n) is 2.36. The molecule has 0 aromatic heterocycles. The van der Waals surface area contributed by atoms with Gasteiger partial charge in [-0.2, -0.15) is 0 Å². The van der Waals surface area contributed by atoms with Crippen LogP contribution in [0.5, 0.6) is 11.5 Å². The number of guanidine groups is 1. The van der Waals surface area contributed by atoms with Gasteiger partial charge in [-0.25, -0.2) is 17.7 Å². The molecule has 2 N–H and O–H groups in total. The van der Waals surface area contributed by atoms with Crippen LogP contribution in [0.2, 0.25) is 0 Å². The van der Waals surface area contributed by atoms with Crippen molar-refractivity contribution < 1.29 is 17.9 Å². The molecule has 0 aliphatic carbocycles. The zero-order chi connectivity index (χ0) is 20.3. The zero-order valence-electron chi connectivity index (χ0n) is 17.3. The van der Waals surface area contributed by atoms with Crippen LogP contribution in [0.3, 0.4) is 0 Å². The smallest absolute Gasteiger partial charge is 0.213 e. The number of nitrogens with zero attached hydrogens (tertiary/aromatic N) is 2. The summed E-state index contributed by atoms with van der Waals surface area (Å²) in [7, 11) is 1.68. The molecule has 0 aliphatic heterocycles. The Morgan fingerprint density at radius 2 is 1.82 bits per heavy atom. The fraction of sp³-hybridized carbons (Fsp3) is 0.611. The standard InChI is InChI=1S/C18H32N4O4S.HI/c1-6-19-18(20-11-8-12-22(3)27(23,24)7-2)21-14-15-9-10-16(25-4)17(13-15)26-5;/h9-10,13H,6-8,11-12,14H2,1-5H3,(H2,19,20,21);1H. The summed E-state index contributed by atoms with van der Waals surface area (Å²) in [5.41, 5.74) is 0.999. The van der Waals surface area contributed by atoms with Crippen LogP contribution in [0.1, 0.15) is 25.8 Å². The third-order valence-corrected chi connectivity index (χ3v) is 5.86. The molecule has 1 aromatic rings. The topological polar surface area (TPSA) is 92.3 Å².